The van der Waals surface area contributed by atoms with Gasteiger partial charge in [0.2, 0.25) is 0 Å². The quantitative estimate of drug-likeness (QED) is 0.162. The van der Waals surface area contributed by atoms with Crippen LogP contribution >= 0.6 is 12.6 Å². The van der Waals surface area contributed by atoms with Gasteiger partial charge in [-0.15, -0.1) is 0 Å². The van der Waals surface area contributed by atoms with Crippen LogP contribution in [0.15, 0.2) is 5.11 Å². The molecule has 16 heavy (non-hydrogen) atoms. The summed E-state index contributed by atoms with van der Waals surface area (Å²) in [6.07, 6.45) is 13.0. The maximum absolute atomic E-state index is 8.08. The van der Waals surface area contributed by atoms with Gasteiger partial charge in [0, 0.05) is 11.5 Å². The fourth-order valence-electron chi connectivity index (χ4n) is 1.75. The van der Waals surface area contributed by atoms with Gasteiger partial charge >= 0.3 is 0 Å². The van der Waals surface area contributed by atoms with E-state index < -0.39 is 0 Å². The van der Waals surface area contributed by atoms with Gasteiger partial charge in [-0.05, 0) is 24.1 Å². The summed E-state index contributed by atoms with van der Waals surface area (Å²) in [4.78, 5) is 2.74. The summed E-state index contributed by atoms with van der Waals surface area (Å²) in [5.41, 5.74) is 8.08. The molecule has 94 valence electrons. The van der Waals surface area contributed by atoms with Gasteiger partial charge < -0.3 is 0 Å². The normalized spacial score (nSPS) is 10.1. The van der Waals surface area contributed by atoms with Crippen LogP contribution < -0.4 is 0 Å². The third-order valence-corrected chi connectivity index (χ3v) is 3.05. The maximum Gasteiger partial charge on any atom is 0.0257 e. The zero-order valence-corrected chi connectivity index (χ0v) is 11.2. The molecule has 0 bridgehead atoms. The molecule has 4 heteroatoms. The summed E-state index contributed by atoms with van der Waals surface area (Å²) in [6.45, 7) is 0.667. The van der Waals surface area contributed by atoms with Crippen LogP contribution in [0.1, 0.15) is 64.2 Å². The second-order valence-electron chi connectivity index (χ2n) is 4.21. The molecule has 0 aliphatic carbocycles. The number of hydrogen-bond acceptors (Lipinski definition) is 2. The second-order valence-corrected chi connectivity index (χ2v) is 4.66. The Bertz CT molecular complexity index is 179. The second kappa shape index (κ2) is 14.7. The number of rotatable bonds is 12. The van der Waals surface area contributed by atoms with Gasteiger partial charge in [-0.2, -0.15) is 12.6 Å². The molecule has 0 fully saturated rings. The standard InChI is InChI=1S/C12H25N3S/c13-15-14-11-9-7-5-3-1-2-4-6-8-10-12-16/h16H,1-12H2. The Labute approximate surface area is 105 Å². The van der Waals surface area contributed by atoms with Gasteiger partial charge in [0.1, 0.15) is 0 Å². The molecule has 0 saturated carbocycles. The zero-order chi connectivity index (χ0) is 11.9. The molecule has 0 aliphatic rings. The summed E-state index contributed by atoms with van der Waals surface area (Å²) in [5.74, 6) is 1.03. The molecule has 0 aromatic carbocycles. The van der Waals surface area contributed by atoms with Crippen LogP contribution in [0.2, 0.25) is 0 Å². The van der Waals surface area contributed by atoms with Crippen LogP contribution in [0.4, 0.5) is 0 Å². The summed E-state index contributed by atoms with van der Waals surface area (Å²) in [5, 5.41) is 3.52. The Hall–Kier alpha value is -0.340. The molecule has 0 saturated heterocycles. The smallest absolute Gasteiger partial charge is 0.0257 e. The molecular formula is C12H25N3S. The number of azide groups is 1. The monoisotopic (exact) mass is 243 g/mol. The van der Waals surface area contributed by atoms with Crippen LogP contribution in [-0.2, 0) is 0 Å². The van der Waals surface area contributed by atoms with Crippen LogP contribution in [-0.4, -0.2) is 12.3 Å². The molecule has 0 aromatic heterocycles. The van der Waals surface area contributed by atoms with E-state index in [1.54, 1.807) is 0 Å². The summed E-state index contributed by atoms with van der Waals surface area (Å²) < 4.78 is 0. The van der Waals surface area contributed by atoms with E-state index in [-0.39, 0.29) is 0 Å². The average Bonchev–Trinajstić information content (AvgIpc) is 2.31. The summed E-state index contributed by atoms with van der Waals surface area (Å²) in [7, 11) is 0. The Morgan fingerprint density at radius 3 is 1.62 bits per heavy atom. The van der Waals surface area contributed by atoms with E-state index in [0.29, 0.717) is 6.54 Å². The molecule has 0 amide bonds. The predicted molar refractivity (Wildman–Crippen MR) is 74.0 cm³/mol. The van der Waals surface area contributed by atoms with E-state index in [9.17, 15) is 0 Å². The van der Waals surface area contributed by atoms with E-state index in [1.807, 2.05) is 0 Å². The highest BCUT2D eigenvalue weighted by Crippen LogP contribution is 2.10. The average molecular weight is 243 g/mol. The van der Waals surface area contributed by atoms with Crippen molar-refractivity contribution in [1.82, 2.24) is 0 Å². The van der Waals surface area contributed by atoms with Crippen molar-refractivity contribution in [2.75, 3.05) is 12.3 Å². The molecule has 0 N–H and O–H groups in total. The molecular weight excluding hydrogens is 218 g/mol. The number of thiol groups is 1. The van der Waals surface area contributed by atoms with Gasteiger partial charge in [0.15, 0.2) is 0 Å². The van der Waals surface area contributed by atoms with Crippen LogP contribution in [0.25, 0.3) is 10.4 Å². The first-order valence-corrected chi connectivity index (χ1v) is 7.16. The molecule has 0 atom stereocenters. The third-order valence-electron chi connectivity index (χ3n) is 2.73. The lowest BCUT2D eigenvalue weighted by atomic mass is 10.1. The summed E-state index contributed by atoms with van der Waals surface area (Å²) in [6, 6.07) is 0. The topological polar surface area (TPSA) is 48.8 Å². The lowest BCUT2D eigenvalue weighted by molar-refractivity contribution is 0.559. The lowest BCUT2D eigenvalue weighted by Gasteiger charge is -2.01. The summed E-state index contributed by atoms with van der Waals surface area (Å²) >= 11 is 4.20. The molecule has 0 aromatic rings. The van der Waals surface area contributed by atoms with Crippen LogP contribution in [0.5, 0.6) is 0 Å². The zero-order valence-electron chi connectivity index (χ0n) is 10.3. The minimum absolute atomic E-state index is 0.667. The molecule has 0 spiro atoms. The Morgan fingerprint density at radius 2 is 1.19 bits per heavy atom. The minimum atomic E-state index is 0.667. The first kappa shape index (κ1) is 15.7. The largest absolute Gasteiger partial charge is 0.179 e. The van der Waals surface area contributed by atoms with Crippen molar-refractivity contribution in [3.05, 3.63) is 10.4 Å². The van der Waals surface area contributed by atoms with E-state index in [2.05, 4.69) is 22.7 Å². The van der Waals surface area contributed by atoms with Gasteiger partial charge in [0.25, 0.3) is 0 Å². The first-order chi connectivity index (χ1) is 7.91. The SMILES string of the molecule is [N-]=[N+]=NCCCCCCCCCCCCS. The molecule has 3 nitrogen and oxygen atoms in total. The van der Waals surface area contributed by atoms with Crippen molar-refractivity contribution in [2.24, 2.45) is 5.11 Å². The Kier molecular flexibility index (Phi) is 14.3. The fraction of sp³-hybridized carbons (Fsp3) is 1.00. The van der Waals surface area contributed by atoms with Crippen molar-refractivity contribution in [2.45, 2.75) is 64.2 Å². The van der Waals surface area contributed by atoms with Crippen LogP contribution in [0.3, 0.4) is 0 Å². The molecule has 0 unspecified atom stereocenters. The number of unbranched alkanes of at least 4 members (excludes halogenated alkanes) is 9. The molecule has 0 radical (unpaired) electrons. The van der Waals surface area contributed by atoms with Crippen molar-refractivity contribution >= 4 is 12.6 Å². The van der Waals surface area contributed by atoms with E-state index >= 15 is 0 Å². The highest BCUT2D eigenvalue weighted by molar-refractivity contribution is 7.80. The maximum atomic E-state index is 8.08. The molecule has 0 rings (SSSR count). The minimum Gasteiger partial charge on any atom is -0.179 e. The highest BCUT2D eigenvalue weighted by Gasteiger charge is 1.92. The van der Waals surface area contributed by atoms with Crippen molar-refractivity contribution in [3.8, 4) is 0 Å². The number of nitrogens with zero attached hydrogens (tertiary/aromatic N) is 3. The molecule has 0 heterocycles. The van der Waals surface area contributed by atoms with Gasteiger partial charge in [-0.3, -0.25) is 0 Å². The van der Waals surface area contributed by atoms with Crippen molar-refractivity contribution in [1.29, 1.82) is 0 Å². The van der Waals surface area contributed by atoms with Gasteiger partial charge in [-0.25, -0.2) is 0 Å². The highest BCUT2D eigenvalue weighted by atomic mass is 32.1. The lowest BCUT2D eigenvalue weighted by Crippen LogP contribution is -1.84. The first-order valence-electron chi connectivity index (χ1n) is 6.53. The van der Waals surface area contributed by atoms with Gasteiger partial charge in [-0.1, -0.05) is 56.5 Å². The Morgan fingerprint density at radius 1 is 0.750 bits per heavy atom. The van der Waals surface area contributed by atoms with Crippen molar-refractivity contribution in [3.63, 3.8) is 0 Å². The fourth-order valence-corrected chi connectivity index (χ4v) is 1.98. The third kappa shape index (κ3) is 13.7. The Balaban J connectivity index is 2.90. The van der Waals surface area contributed by atoms with Crippen molar-refractivity contribution < 1.29 is 0 Å². The van der Waals surface area contributed by atoms with E-state index in [4.69, 9.17) is 5.53 Å². The van der Waals surface area contributed by atoms with E-state index in [1.165, 1.54) is 57.8 Å². The van der Waals surface area contributed by atoms with Gasteiger partial charge in [0.05, 0.1) is 0 Å². The number of hydrogen-bond donors (Lipinski definition) is 1. The molecule has 0 aliphatic heterocycles. The predicted octanol–water partition coefficient (Wildman–Crippen LogP) is 5.13. The van der Waals surface area contributed by atoms with Crippen LogP contribution in [0, 0.1) is 0 Å². The van der Waals surface area contributed by atoms with E-state index in [0.717, 1.165) is 12.2 Å².